The first kappa shape index (κ1) is 10.2. The van der Waals surface area contributed by atoms with Gasteiger partial charge < -0.3 is 15.0 Å². The lowest BCUT2D eigenvalue weighted by atomic mass is 10.1. The predicted molar refractivity (Wildman–Crippen MR) is 51.1 cm³/mol. The lowest BCUT2D eigenvalue weighted by Gasteiger charge is -2.18. The van der Waals surface area contributed by atoms with Crippen molar-refractivity contribution in [2.75, 3.05) is 6.61 Å². The summed E-state index contributed by atoms with van der Waals surface area (Å²) in [5.41, 5.74) is 6.56. The van der Waals surface area contributed by atoms with E-state index in [4.69, 9.17) is 10.5 Å². The van der Waals surface area contributed by atoms with Crippen LogP contribution in [0.4, 0.5) is 0 Å². The molecule has 0 unspecified atom stereocenters. The Labute approximate surface area is 78.7 Å². The Morgan fingerprint density at radius 1 is 1.62 bits per heavy atom. The average molecular weight is 183 g/mol. The van der Waals surface area contributed by atoms with Gasteiger partial charge in [-0.2, -0.15) is 0 Å². The minimum Gasteiger partial charge on any atom is -0.373 e. The van der Waals surface area contributed by atoms with Gasteiger partial charge in [-0.05, 0) is 13.8 Å². The van der Waals surface area contributed by atoms with Gasteiger partial charge >= 0.3 is 0 Å². The minimum absolute atomic E-state index is 0.265. The molecule has 0 spiro atoms. The van der Waals surface area contributed by atoms with Gasteiger partial charge in [0.25, 0.3) is 0 Å². The van der Waals surface area contributed by atoms with Crippen LogP contribution in [0.1, 0.15) is 19.5 Å². The van der Waals surface area contributed by atoms with E-state index in [2.05, 4.69) is 4.98 Å². The van der Waals surface area contributed by atoms with Gasteiger partial charge in [0.1, 0.15) is 0 Å². The molecule has 13 heavy (non-hydrogen) atoms. The molecule has 0 amide bonds. The number of rotatable bonds is 4. The number of hydrogen-bond donors (Lipinski definition) is 1. The lowest BCUT2D eigenvalue weighted by Crippen LogP contribution is -2.37. The molecular weight excluding hydrogens is 166 g/mol. The van der Waals surface area contributed by atoms with Crippen molar-refractivity contribution in [3.8, 4) is 0 Å². The Kier molecular flexibility index (Phi) is 3.06. The molecule has 1 aromatic heterocycles. The molecule has 0 atom stereocenters. The zero-order valence-electron chi connectivity index (χ0n) is 8.45. The third-order valence-corrected chi connectivity index (χ3v) is 1.64. The number of aryl methyl sites for hydroxylation is 1. The second kappa shape index (κ2) is 3.89. The molecule has 1 heterocycles. The maximum atomic E-state index is 5.77. The quantitative estimate of drug-likeness (QED) is 0.746. The van der Waals surface area contributed by atoms with E-state index >= 15 is 0 Å². The fourth-order valence-electron chi connectivity index (χ4n) is 0.942. The molecule has 0 aliphatic carbocycles. The summed E-state index contributed by atoms with van der Waals surface area (Å²) < 4.78 is 7.37. The fraction of sp³-hybridized carbons (Fsp3) is 0.667. The van der Waals surface area contributed by atoms with E-state index in [0.717, 1.165) is 5.69 Å². The normalized spacial score (nSPS) is 12.0. The molecule has 0 saturated carbocycles. The van der Waals surface area contributed by atoms with E-state index in [-0.39, 0.29) is 5.54 Å². The topological polar surface area (TPSA) is 53.1 Å². The molecule has 4 heteroatoms. The van der Waals surface area contributed by atoms with Crippen molar-refractivity contribution in [3.63, 3.8) is 0 Å². The van der Waals surface area contributed by atoms with Crippen LogP contribution >= 0.6 is 0 Å². The first-order chi connectivity index (χ1) is 5.99. The Bertz CT molecular complexity index is 262. The standard InChI is InChI=1S/C9H17N3O/c1-9(2,10)6-13-5-8-4-11-7-12(8)3/h4,7H,5-6,10H2,1-3H3. The van der Waals surface area contributed by atoms with Crippen LogP contribution < -0.4 is 5.73 Å². The molecule has 0 aromatic carbocycles. The van der Waals surface area contributed by atoms with E-state index < -0.39 is 0 Å². The Morgan fingerprint density at radius 2 is 2.31 bits per heavy atom. The van der Waals surface area contributed by atoms with Crippen LogP contribution in [-0.2, 0) is 18.4 Å². The van der Waals surface area contributed by atoms with Crippen molar-refractivity contribution in [1.29, 1.82) is 0 Å². The van der Waals surface area contributed by atoms with Gasteiger partial charge in [-0.1, -0.05) is 0 Å². The van der Waals surface area contributed by atoms with Gasteiger partial charge in [0.05, 0.1) is 31.4 Å². The second-order valence-electron chi connectivity index (χ2n) is 3.98. The molecule has 0 fully saturated rings. The maximum Gasteiger partial charge on any atom is 0.0946 e. The number of hydrogen-bond acceptors (Lipinski definition) is 3. The summed E-state index contributed by atoms with van der Waals surface area (Å²) >= 11 is 0. The van der Waals surface area contributed by atoms with Gasteiger partial charge in [-0.15, -0.1) is 0 Å². The maximum absolute atomic E-state index is 5.77. The Morgan fingerprint density at radius 3 is 2.77 bits per heavy atom. The summed E-state index contributed by atoms with van der Waals surface area (Å²) in [6.45, 7) is 5.00. The Balaban J connectivity index is 2.32. The van der Waals surface area contributed by atoms with E-state index in [1.165, 1.54) is 0 Å². The molecule has 0 aliphatic heterocycles. The molecular formula is C9H17N3O. The van der Waals surface area contributed by atoms with Crippen LogP contribution in [-0.4, -0.2) is 21.7 Å². The fourth-order valence-corrected chi connectivity index (χ4v) is 0.942. The van der Waals surface area contributed by atoms with E-state index in [1.54, 1.807) is 12.5 Å². The smallest absolute Gasteiger partial charge is 0.0946 e. The summed E-state index contributed by atoms with van der Waals surface area (Å²) in [4.78, 5) is 3.99. The van der Waals surface area contributed by atoms with E-state index in [1.807, 2.05) is 25.5 Å². The van der Waals surface area contributed by atoms with Crippen LogP contribution in [0.5, 0.6) is 0 Å². The molecule has 74 valence electrons. The van der Waals surface area contributed by atoms with Crippen LogP contribution in [0.2, 0.25) is 0 Å². The van der Waals surface area contributed by atoms with E-state index in [9.17, 15) is 0 Å². The number of aromatic nitrogens is 2. The zero-order chi connectivity index (χ0) is 9.90. The van der Waals surface area contributed by atoms with Gasteiger partial charge in [0, 0.05) is 12.6 Å². The summed E-state index contributed by atoms with van der Waals surface area (Å²) in [6.07, 6.45) is 3.55. The summed E-state index contributed by atoms with van der Waals surface area (Å²) in [6, 6.07) is 0. The highest BCUT2D eigenvalue weighted by Gasteiger charge is 2.10. The van der Waals surface area contributed by atoms with E-state index in [0.29, 0.717) is 13.2 Å². The van der Waals surface area contributed by atoms with Crippen molar-refractivity contribution < 1.29 is 4.74 Å². The lowest BCUT2D eigenvalue weighted by molar-refractivity contribution is 0.0816. The zero-order valence-corrected chi connectivity index (χ0v) is 8.45. The minimum atomic E-state index is -0.265. The van der Waals surface area contributed by atoms with Crippen LogP contribution in [0, 0.1) is 0 Å². The third-order valence-electron chi connectivity index (χ3n) is 1.64. The summed E-state index contributed by atoms with van der Waals surface area (Å²) in [5, 5.41) is 0. The highest BCUT2D eigenvalue weighted by molar-refractivity contribution is 4.95. The molecule has 2 N–H and O–H groups in total. The van der Waals surface area contributed by atoms with Crippen LogP contribution in [0.25, 0.3) is 0 Å². The first-order valence-electron chi connectivity index (χ1n) is 4.31. The van der Waals surface area contributed by atoms with Gasteiger partial charge in [0.2, 0.25) is 0 Å². The highest BCUT2D eigenvalue weighted by atomic mass is 16.5. The van der Waals surface area contributed by atoms with Gasteiger partial charge in [0.15, 0.2) is 0 Å². The highest BCUT2D eigenvalue weighted by Crippen LogP contribution is 2.02. The molecule has 0 radical (unpaired) electrons. The monoisotopic (exact) mass is 183 g/mol. The summed E-state index contributed by atoms with van der Waals surface area (Å²) in [5.74, 6) is 0. The molecule has 1 rings (SSSR count). The van der Waals surface area contributed by atoms with Crippen LogP contribution in [0.15, 0.2) is 12.5 Å². The van der Waals surface area contributed by atoms with Crippen molar-refractivity contribution in [3.05, 3.63) is 18.2 Å². The molecule has 1 aromatic rings. The molecule has 0 aliphatic rings. The molecule has 0 bridgehead atoms. The number of imidazole rings is 1. The van der Waals surface area contributed by atoms with Gasteiger partial charge in [-0.25, -0.2) is 4.98 Å². The van der Waals surface area contributed by atoms with Crippen molar-refractivity contribution in [2.45, 2.75) is 26.0 Å². The number of nitrogens with zero attached hydrogens (tertiary/aromatic N) is 2. The Hall–Kier alpha value is -0.870. The van der Waals surface area contributed by atoms with Gasteiger partial charge in [-0.3, -0.25) is 0 Å². The third kappa shape index (κ3) is 3.57. The summed E-state index contributed by atoms with van der Waals surface area (Å²) in [7, 11) is 1.94. The van der Waals surface area contributed by atoms with Crippen molar-refractivity contribution in [2.24, 2.45) is 12.8 Å². The first-order valence-corrected chi connectivity index (χ1v) is 4.31. The van der Waals surface area contributed by atoms with Crippen molar-refractivity contribution in [1.82, 2.24) is 9.55 Å². The molecule has 4 nitrogen and oxygen atoms in total. The SMILES string of the molecule is Cn1cncc1COCC(C)(C)N. The second-order valence-corrected chi connectivity index (χ2v) is 3.98. The number of ether oxygens (including phenoxy) is 1. The van der Waals surface area contributed by atoms with Crippen molar-refractivity contribution >= 4 is 0 Å². The molecule has 0 saturated heterocycles. The number of nitrogens with two attached hydrogens (primary N) is 1. The largest absolute Gasteiger partial charge is 0.373 e. The van der Waals surface area contributed by atoms with Crippen LogP contribution in [0.3, 0.4) is 0 Å². The predicted octanol–water partition coefficient (Wildman–Crippen LogP) is 0.674. The average Bonchev–Trinajstić information content (AvgIpc) is 2.34.